The summed E-state index contributed by atoms with van der Waals surface area (Å²) in [5.41, 5.74) is 1.54. The summed E-state index contributed by atoms with van der Waals surface area (Å²) in [7, 11) is 0. The minimum absolute atomic E-state index is 0.108. The fourth-order valence-electron chi connectivity index (χ4n) is 6.21. The van der Waals surface area contributed by atoms with Crippen LogP contribution in [0.4, 0.5) is 9.59 Å². The number of amides is 3. The molecule has 2 aliphatic heterocycles. The zero-order valence-electron chi connectivity index (χ0n) is 19.4. The summed E-state index contributed by atoms with van der Waals surface area (Å²) in [5, 5.41) is 10.6. The fourth-order valence-corrected chi connectivity index (χ4v) is 6.33. The average Bonchev–Trinajstić information content (AvgIpc) is 3.56. The minimum atomic E-state index is -1.03. The van der Waals surface area contributed by atoms with E-state index in [1.165, 1.54) is 9.80 Å². The van der Waals surface area contributed by atoms with E-state index in [4.69, 9.17) is 16.3 Å². The summed E-state index contributed by atoms with van der Waals surface area (Å²) < 4.78 is 5.32. The highest BCUT2D eigenvalue weighted by atomic mass is 35.5. The number of nitrogens with zero attached hydrogens (tertiary/aromatic N) is 2. The number of rotatable bonds is 5. The summed E-state index contributed by atoms with van der Waals surface area (Å²) in [6.07, 6.45) is 3.41. The van der Waals surface area contributed by atoms with E-state index in [1.807, 2.05) is 30.3 Å². The molecule has 3 fully saturated rings. The molecular formula is C27H29ClN2O5. The third-order valence-electron chi connectivity index (χ3n) is 7.85. The highest BCUT2D eigenvalue weighted by Gasteiger charge is 2.53. The molecule has 2 aromatic rings. The number of halogens is 1. The SMILES string of the molecule is O=C(O)N1CC2(CCCC2)C[C@H]1[C@@H](C(=O)N1C(=O)OC[C@H]1Cc1ccccc1)c1ccc(Cl)cc1. The summed E-state index contributed by atoms with van der Waals surface area (Å²) in [6.45, 7) is 0.534. The van der Waals surface area contributed by atoms with Crippen molar-refractivity contribution in [3.63, 3.8) is 0 Å². The first kappa shape index (κ1) is 23.7. The van der Waals surface area contributed by atoms with Gasteiger partial charge in [0.05, 0.1) is 18.0 Å². The van der Waals surface area contributed by atoms with Crippen LogP contribution in [0.1, 0.15) is 49.1 Å². The Morgan fingerprint density at radius 2 is 1.77 bits per heavy atom. The van der Waals surface area contributed by atoms with Gasteiger partial charge in [-0.25, -0.2) is 14.5 Å². The number of ether oxygens (including phenoxy) is 1. The Morgan fingerprint density at radius 1 is 1.09 bits per heavy atom. The number of carboxylic acid groups (broad SMARTS) is 1. The molecule has 2 saturated heterocycles. The number of carbonyl (C=O) groups excluding carboxylic acids is 2. The van der Waals surface area contributed by atoms with Crippen molar-refractivity contribution in [1.82, 2.24) is 9.80 Å². The van der Waals surface area contributed by atoms with Crippen molar-refractivity contribution in [2.75, 3.05) is 13.2 Å². The first-order chi connectivity index (χ1) is 16.9. The zero-order valence-corrected chi connectivity index (χ0v) is 20.2. The van der Waals surface area contributed by atoms with Gasteiger partial charge in [-0.1, -0.05) is 66.9 Å². The van der Waals surface area contributed by atoms with Gasteiger partial charge in [0.1, 0.15) is 6.61 Å². The maximum atomic E-state index is 14.2. The molecule has 184 valence electrons. The molecule has 3 atom stereocenters. The molecule has 0 bridgehead atoms. The number of hydrogen-bond donors (Lipinski definition) is 1. The van der Waals surface area contributed by atoms with Crippen LogP contribution in [-0.4, -0.2) is 58.2 Å². The van der Waals surface area contributed by atoms with Crippen molar-refractivity contribution in [2.24, 2.45) is 5.41 Å². The van der Waals surface area contributed by atoms with Crippen LogP contribution in [0.15, 0.2) is 54.6 Å². The lowest BCUT2D eigenvalue weighted by Gasteiger charge is -2.32. The second-order valence-corrected chi connectivity index (χ2v) is 10.5. The topological polar surface area (TPSA) is 87.2 Å². The van der Waals surface area contributed by atoms with E-state index in [-0.39, 0.29) is 12.0 Å². The highest BCUT2D eigenvalue weighted by molar-refractivity contribution is 6.30. The zero-order chi connectivity index (χ0) is 24.6. The Kier molecular flexibility index (Phi) is 6.45. The van der Waals surface area contributed by atoms with Gasteiger partial charge in [-0.3, -0.25) is 4.79 Å². The lowest BCUT2D eigenvalue weighted by molar-refractivity contribution is -0.132. The van der Waals surface area contributed by atoms with Crippen LogP contribution in [0.2, 0.25) is 5.02 Å². The monoisotopic (exact) mass is 496 g/mol. The maximum absolute atomic E-state index is 14.2. The number of imide groups is 1. The molecule has 0 aromatic heterocycles. The van der Waals surface area contributed by atoms with Crippen LogP contribution >= 0.6 is 11.6 Å². The molecule has 5 rings (SSSR count). The maximum Gasteiger partial charge on any atom is 0.417 e. The number of benzene rings is 2. The van der Waals surface area contributed by atoms with Crippen LogP contribution in [0, 0.1) is 5.41 Å². The van der Waals surface area contributed by atoms with Crippen LogP contribution in [0.25, 0.3) is 0 Å². The van der Waals surface area contributed by atoms with Gasteiger partial charge in [0.2, 0.25) is 5.91 Å². The van der Waals surface area contributed by atoms with Crippen LogP contribution < -0.4 is 0 Å². The molecule has 3 aliphatic rings. The van der Waals surface area contributed by atoms with Gasteiger partial charge in [-0.15, -0.1) is 0 Å². The van der Waals surface area contributed by atoms with Gasteiger partial charge in [0, 0.05) is 11.6 Å². The Bertz CT molecular complexity index is 1100. The number of cyclic esters (lactones) is 1. The minimum Gasteiger partial charge on any atom is -0.465 e. The standard InChI is InChI=1S/C27H29ClN2O5/c28-20-10-8-19(9-11-20)23(22-15-27(12-4-5-13-27)17-29(22)25(32)33)24(31)30-21(16-35-26(30)34)14-18-6-2-1-3-7-18/h1-3,6-11,21-23H,4-5,12-17H2,(H,32,33)/t21-,22+,23+/m1/s1. The van der Waals surface area contributed by atoms with E-state index in [0.29, 0.717) is 30.0 Å². The predicted molar refractivity (Wildman–Crippen MR) is 130 cm³/mol. The Hall–Kier alpha value is -3.06. The molecule has 1 spiro atoms. The van der Waals surface area contributed by atoms with Crippen molar-refractivity contribution in [3.05, 3.63) is 70.7 Å². The van der Waals surface area contributed by atoms with Crippen LogP contribution in [0.5, 0.6) is 0 Å². The summed E-state index contributed by atoms with van der Waals surface area (Å²) in [4.78, 5) is 42.0. The van der Waals surface area contributed by atoms with Crippen molar-refractivity contribution in [3.8, 4) is 0 Å². The second kappa shape index (κ2) is 9.53. The molecule has 1 aliphatic carbocycles. The van der Waals surface area contributed by atoms with Gasteiger partial charge >= 0.3 is 12.2 Å². The smallest absolute Gasteiger partial charge is 0.417 e. The van der Waals surface area contributed by atoms with Crippen molar-refractivity contribution in [2.45, 2.75) is 56.5 Å². The third-order valence-corrected chi connectivity index (χ3v) is 8.10. The molecule has 1 N–H and O–H groups in total. The van der Waals surface area contributed by atoms with Crippen molar-refractivity contribution >= 4 is 29.7 Å². The van der Waals surface area contributed by atoms with Crippen LogP contribution in [-0.2, 0) is 16.0 Å². The summed E-state index contributed by atoms with van der Waals surface area (Å²) in [5.74, 6) is -1.24. The Morgan fingerprint density at radius 3 is 2.43 bits per heavy atom. The lowest BCUT2D eigenvalue weighted by Crippen LogP contribution is -2.49. The summed E-state index contributed by atoms with van der Waals surface area (Å²) in [6, 6.07) is 15.6. The normalized spacial score (nSPS) is 24.1. The third kappa shape index (κ3) is 4.61. The van der Waals surface area contributed by atoms with Gasteiger partial charge in [0.25, 0.3) is 0 Å². The molecule has 8 heteroatoms. The van der Waals surface area contributed by atoms with E-state index >= 15 is 0 Å². The molecule has 1 saturated carbocycles. The molecular weight excluding hydrogens is 468 g/mol. The molecule has 35 heavy (non-hydrogen) atoms. The van der Waals surface area contributed by atoms with E-state index in [1.54, 1.807) is 24.3 Å². The number of hydrogen-bond acceptors (Lipinski definition) is 4. The van der Waals surface area contributed by atoms with E-state index in [9.17, 15) is 19.5 Å². The number of likely N-dealkylation sites (tertiary alicyclic amines) is 1. The van der Waals surface area contributed by atoms with E-state index in [0.717, 1.165) is 31.2 Å². The van der Waals surface area contributed by atoms with Crippen molar-refractivity contribution < 1.29 is 24.2 Å². The lowest BCUT2D eigenvalue weighted by atomic mass is 9.79. The quantitative estimate of drug-likeness (QED) is 0.604. The van der Waals surface area contributed by atoms with E-state index in [2.05, 4.69) is 0 Å². The van der Waals surface area contributed by atoms with Crippen LogP contribution in [0.3, 0.4) is 0 Å². The Labute approximate surface area is 209 Å². The predicted octanol–water partition coefficient (Wildman–Crippen LogP) is 5.33. The average molecular weight is 497 g/mol. The van der Waals surface area contributed by atoms with Gasteiger partial charge < -0.3 is 14.7 Å². The largest absolute Gasteiger partial charge is 0.465 e. The van der Waals surface area contributed by atoms with Gasteiger partial charge in [-0.2, -0.15) is 0 Å². The first-order valence-corrected chi connectivity index (χ1v) is 12.5. The molecule has 0 unspecified atom stereocenters. The van der Waals surface area contributed by atoms with Gasteiger partial charge in [0.15, 0.2) is 0 Å². The molecule has 3 amide bonds. The molecule has 2 aromatic carbocycles. The first-order valence-electron chi connectivity index (χ1n) is 12.2. The highest BCUT2D eigenvalue weighted by Crippen LogP contribution is 2.51. The van der Waals surface area contributed by atoms with E-state index < -0.39 is 36.1 Å². The van der Waals surface area contributed by atoms with Crippen molar-refractivity contribution in [1.29, 1.82) is 0 Å². The molecule has 2 heterocycles. The van der Waals surface area contributed by atoms with Gasteiger partial charge in [-0.05, 0) is 54.4 Å². The summed E-state index contributed by atoms with van der Waals surface area (Å²) >= 11 is 6.12. The fraction of sp³-hybridized carbons (Fsp3) is 0.444. The molecule has 7 nitrogen and oxygen atoms in total. The Balaban J connectivity index is 1.51. The second-order valence-electron chi connectivity index (χ2n) is 10.0. The molecule has 0 radical (unpaired) electrons. The number of carbonyl (C=O) groups is 3.